The summed E-state index contributed by atoms with van der Waals surface area (Å²) >= 11 is 4.69. The van der Waals surface area contributed by atoms with E-state index in [2.05, 4.69) is 44.4 Å². The Kier molecular flexibility index (Phi) is 4.23. The van der Waals surface area contributed by atoms with Crippen molar-refractivity contribution in [1.82, 2.24) is 4.98 Å². The molecule has 1 aromatic rings. The molecule has 0 atom stereocenters. The summed E-state index contributed by atoms with van der Waals surface area (Å²) in [6.07, 6.45) is 1.79. The minimum atomic E-state index is 0.705. The van der Waals surface area contributed by atoms with Gasteiger partial charge in [0.1, 0.15) is 0 Å². The first kappa shape index (κ1) is 9.33. The number of aromatic nitrogens is 1. The molecule has 1 aromatic heterocycles. The van der Waals surface area contributed by atoms with Crippen LogP contribution in [0, 0.1) is 3.57 Å². The normalized spacial score (nSPS) is 9.64. The molecule has 0 saturated carbocycles. The van der Waals surface area contributed by atoms with Crippen LogP contribution in [0.25, 0.3) is 0 Å². The Bertz CT molecular complexity index is 214. The number of halogens is 1. The van der Waals surface area contributed by atoms with Gasteiger partial charge in [-0.15, -0.1) is 0 Å². The van der Waals surface area contributed by atoms with Crippen molar-refractivity contribution in [2.24, 2.45) is 0 Å². The van der Waals surface area contributed by atoms with Gasteiger partial charge < -0.3 is 0 Å². The Morgan fingerprint density at radius 1 is 1.55 bits per heavy atom. The fraction of sp³-hybridized carbons (Fsp3) is 0.286. The Balaban J connectivity index is 2.52. The first-order valence-corrected chi connectivity index (χ1v) is 5.58. The minimum absolute atomic E-state index is 0.705. The Labute approximate surface area is 88.4 Å². The van der Waals surface area contributed by atoms with E-state index in [-0.39, 0.29) is 0 Å². The molecule has 58 valence electrons. The van der Waals surface area contributed by atoms with Gasteiger partial charge in [-0.3, -0.25) is 0 Å². The van der Waals surface area contributed by atoms with Crippen LogP contribution in [0.3, 0.4) is 0 Å². The van der Waals surface area contributed by atoms with Gasteiger partial charge in [-0.1, -0.05) is 0 Å². The molecule has 0 aliphatic carbocycles. The van der Waals surface area contributed by atoms with Crippen molar-refractivity contribution in [3.8, 4) is 5.88 Å². The zero-order valence-corrected chi connectivity index (χ0v) is 9.86. The second-order valence-corrected chi connectivity index (χ2v) is 4.07. The second-order valence-electron chi connectivity index (χ2n) is 1.89. The molecule has 0 aliphatic heterocycles. The van der Waals surface area contributed by atoms with Gasteiger partial charge in [0.25, 0.3) is 0 Å². The van der Waals surface area contributed by atoms with E-state index in [1.165, 1.54) is 0 Å². The van der Waals surface area contributed by atoms with Gasteiger partial charge in [-0.25, -0.2) is 0 Å². The molecular weight excluding hydrogens is 316 g/mol. The first-order chi connectivity index (χ1) is 5.33. The van der Waals surface area contributed by atoms with Gasteiger partial charge in [0.05, 0.1) is 0 Å². The predicted octanol–water partition coefficient (Wildman–Crippen LogP) is 1.65. The molecule has 0 amide bonds. The molecule has 0 N–H and O–H groups in total. The topological polar surface area (TPSA) is 22.1 Å². The summed E-state index contributed by atoms with van der Waals surface area (Å²) in [6, 6.07) is 3.86. The molecular formula is C7H7AsINO. The molecule has 1 rings (SSSR count). The van der Waals surface area contributed by atoms with E-state index in [1.807, 2.05) is 12.1 Å². The summed E-state index contributed by atoms with van der Waals surface area (Å²) in [7, 11) is 0. The van der Waals surface area contributed by atoms with E-state index in [1.54, 1.807) is 6.20 Å². The van der Waals surface area contributed by atoms with Gasteiger partial charge in [0.2, 0.25) is 0 Å². The van der Waals surface area contributed by atoms with Crippen LogP contribution in [0.4, 0.5) is 0 Å². The Morgan fingerprint density at radius 3 is 2.91 bits per heavy atom. The van der Waals surface area contributed by atoms with E-state index in [4.69, 9.17) is 4.74 Å². The van der Waals surface area contributed by atoms with E-state index in [9.17, 15) is 0 Å². The van der Waals surface area contributed by atoms with Crippen LogP contribution in [0.5, 0.6) is 5.88 Å². The van der Waals surface area contributed by atoms with E-state index in [0.29, 0.717) is 12.5 Å². The van der Waals surface area contributed by atoms with Crippen LogP contribution in [0.2, 0.25) is 5.21 Å². The van der Waals surface area contributed by atoms with E-state index in [0.717, 1.165) is 8.78 Å². The summed E-state index contributed by atoms with van der Waals surface area (Å²) in [5.41, 5.74) is 0. The average molecular weight is 323 g/mol. The molecule has 0 bridgehead atoms. The zero-order valence-electron chi connectivity index (χ0n) is 5.83. The molecule has 0 fully saturated rings. The van der Waals surface area contributed by atoms with Crippen molar-refractivity contribution >= 4 is 39.4 Å². The molecule has 0 aromatic carbocycles. The molecule has 0 spiro atoms. The van der Waals surface area contributed by atoms with Crippen molar-refractivity contribution < 1.29 is 4.74 Å². The molecule has 0 unspecified atom stereocenters. The average Bonchev–Trinajstić information content (AvgIpc) is 2.04. The van der Waals surface area contributed by atoms with Crippen molar-refractivity contribution in [3.05, 3.63) is 21.9 Å². The number of pyridine rings is 1. The summed E-state index contributed by atoms with van der Waals surface area (Å²) in [6.45, 7) is 0.716. The van der Waals surface area contributed by atoms with Crippen LogP contribution < -0.4 is 4.74 Å². The van der Waals surface area contributed by atoms with E-state index < -0.39 is 0 Å². The zero-order chi connectivity index (χ0) is 8.10. The molecule has 4 heteroatoms. The summed E-state index contributed by atoms with van der Waals surface area (Å²) in [5, 5.41) is 0.959. The number of hydrogen-bond donors (Lipinski definition) is 0. The van der Waals surface area contributed by atoms with E-state index >= 15 is 0 Å². The van der Waals surface area contributed by atoms with Crippen LogP contribution in [-0.4, -0.2) is 28.4 Å². The monoisotopic (exact) mass is 323 g/mol. The summed E-state index contributed by atoms with van der Waals surface area (Å²) < 4.78 is 6.41. The van der Waals surface area contributed by atoms with Crippen molar-refractivity contribution in [2.45, 2.75) is 5.21 Å². The number of ether oxygens (including phenoxy) is 1. The third-order valence-electron chi connectivity index (χ3n) is 1.04. The maximum absolute atomic E-state index is 5.28. The Hall–Kier alpha value is 0.238. The van der Waals surface area contributed by atoms with Gasteiger partial charge in [0, 0.05) is 0 Å². The fourth-order valence-electron chi connectivity index (χ4n) is 0.598. The second kappa shape index (κ2) is 4.99. The standard InChI is InChI=1S/C7H7AsINO/c8-3-4-11-7-2-1-6(9)5-10-7/h1-2,5H,3-4H2. The predicted molar refractivity (Wildman–Crippen MR) is 53.0 cm³/mol. The van der Waals surface area contributed by atoms with Gasteiger partial charge in [0.15, 0.2) is 0 Å². The van der Waals surface area contributed by atoms with Gasteiger partial charge >= 0.3 is 88.8 Å². The SMILES string of the molecule is [As]CCOc1ccc(I)cn1. The first-order valence-electron chi connectivity index (χ1n) is 3.18. The third-order valence-corrected chi connectivity index (χ3v) is 2.06. The molecule has 0 saturated heterocycles. The fourth-order valence-corrected chi connectivity index (χ4v) is 1.11. The molecule has 11 heavy (non-hydrogen) atoms. The van der Waals surface area contributed by atoms with Crippen molar-refractivity contribution in [2.75, 3.05) is 6.61 Å². The van der Waals surface area contributed by atoms with Crippen LogP contribution in [0.1, 0.15) is 0 Å². The maximum atomic E-state index is 5.28. The van der Waals surface area contributed by atoms with Gasteiger partial charge in [-0.05, 0) is 0 Å². The van der Waals surface area contributed by atoms with Gasteiger partial charge in [-0.2, -0.15) is 0 Å². The van der Waals surface area contributed by atoms with Crippen molar-refractivity contribution in [1.29, 1.82) is 0 Å². The van der Waals surface area contributed by atoms with Crippen LogP contribution >= 0.6 is 22.6 Å². The molecule has 2 nitrogen and oxygen atoms in total. The number of rotatable bonds is 3. The molecule has 2 radical (unpaired) electrons. The summed E-state index contributed by atoms with van der Waals surface area (Å²) in [5.74, 6) is 0.705. The van der Waals surface area contributed by atoms with Crippen LogP contribution in [0.15, 0.2) is 18.3 Å². The quantitative estimate of drug-likeness (QED) is 0.623. The summed E-state index contributed by atoms with van der Waals surface area (Å²) in [4.78, 5) is 4.08. The number of nitrogens with zero attached hydrogens (tertiary/aromatic N) is 1. The van der Waals surface area contributed by atoms with Crippen LogP contribution in [-0.2, 0) is 0 Å². The molecule has 0 aliphatic rings. The molecule has 1 heterocycles. The van der Waals surface area contributed by atoms with Crippen molar-refractivity contribution in [3.63, 3.8) is 0 Å². The third kappa shape index (κ3) is 3.43. The number of hydrogen-bond acceptors (Lipinski definition) is 2. The Morgan fingerprint density at radius 2 is 2.36 bits per heavy atom.